The van der Waals surface area contributed by atoms with E-state index in [9.17, 15) is 18.0 Å². The Kier molecular flexibility index (Phi) is 10.2. The molecule has 0 aromatic heterocycles. The van der Waals surface area contributed by atoms with Crippen molar-refractivity contribution in [3.05, 3.63) is 82.3 Å². The molecule has 12 heteroatoms. The van der Waals surface area contributed by atoms with E-state index in [2.05, 4.69) is 5.32 Å². The molecule has 42 heavy (non-hydrogen) atoms. The van der Waals surface area contributed by atoms with Crippen molar-refractivity contribution >= 4 is 50.7 Å². The van der Waals surface area contributed by atoms with E-state index in [4.69, 9.17) is 32.7 Å². The van der Waals surface area contributed by atoms with Crippen LogP contribution in [0.15, 0.2) is 71.6 Å². The number of anilines is 1. The first kappa shape index (κ1) is 31.5. The number of ether oxygens (including phenoxy) is 2. The Hall–Kier alpha value is -3.47. The number of rotatable bonds is 11. The van der Waals surface area contributed by atoms with Gasteiger partial charge in [-0.3, -0.25) is 13.9 Å². The zero-order valence-corrected chi connectivity index (χ0v) is 25.9. The quantitative estimate of drug-likeness (QED) is 0.308. The van der Waals surface area contributed by atoms with Crippen molar-refractivity contribution in [3.8, 4) is 11.5 Å². The summed E-state index contributed by atoms with van der Waals surface area (Å²) >= 11 is 12.5. The van der Waals surface area contributed by atoms with Crippen molar-refractivity contribution in [1.82, 2.24) is 10.2 Å². The molecule has 3 aromatic rings. The Morgan fingerprint density at radius 3 is 2.31 bits per heavy atom. The van der Waals surface area contributed by atoms with Gasteiger partial charge in [-0.1, -0.05) is 54.4 Å². The molecule has 1 aliphatic rings. The first-order valence-electron chi connectivity index (χ1n) is 13.5. The molecule has 0 aliphatic carbocycles. The number of nitrogens with one attached hydrogen (secondary N) is 1. The van der Waals surface area contributed by atoms with Gasteiger partial charge in [-0.2, -0.15) is 0 Å². The highest BCUT2D eigenvalue weighted by atomic mass is 35.5. The summed E-state index contributed by atoms with van der Waals surface area (Å²) in [5, 5.41) is 3.63. The summed E-state index contributed by atoms with van der Waals surface area (Å²) in [7, 11) is -4.22. The molecule has 0 fully saturated rings. The van der Waals surface area contributed by atoms with Crippen LogP contribution in [0.5, 0.6) is 11.5 Å². The molecule has 1 aliphatic heterocycles. The number of benzene rings is 3. The molecule has 2 atom stereocenters. The van der Waals surface area contributed by atoms with Crippen molar-refractivity contribution in [2.45, 2.75) is 50.7 Å². The van der Waals surface area contributed by atoms with Crippen LogP contribution < -0.4 is 19.1 Å². The molecule has 3 aromatic carbocycles. The Bertz CT molecular complexity index is 1540. The second-order valence-corrected chi connectivity index (χ2v) is 12.6. The zero-order valence-electron chi connectivity index (χ0n) is 23.5. The predicted molar refractivity (Wildman–Crippen MR) is 163 cm³/mol. The molecule has 0 spiro atoms. The summed E-state index contributed by atoms with van der Waals surface area (Å²) in [6, 6.07) is 16.3. The Balaban J connectivity index is 1.74. The fourth-order valence-electron chi connectivity index (χ4n) is 4.32. The van der Waals surface area contributed by atoms with Crippen LogP contribution in [0.1, 0.15) is 32.8 Å². The van der Waals surface area contributed by atoms with Gasteiger partial charge in [-0.05, 0) is 62.2 Å². The summed E-state index contributed by atoms with van der Waals surface area (Å²) in [4.78, 5) is 28.6. The van der Waals surface area contributed by atoms with Crippen LogP contribution in [0.3, 0.4) is 0 Å². The van der Waals surface area contributed by atoms with Crippen LogP contribution in [-0.4, -0.2) is 57.0 Å². The summed E-state index contributed by atoms with van der Waals surface area (Å²) in [6.07, 6.45) is 0.697. The lowest BCUT2D eigenvalue weighted by Gasteiger charge is -2.33. The van der Waals surface area contributed by atoms with Crippen LogP contribution in [-0.2, 0) is 26.2 Å². The van der Waals surface area contributed by atoms with Gasteiger partial charge in [0.1, 0.15) is 25.8 Å². The number of carbonyl (C=O) groups is 2. The summed E-state index contributed by atoms with van der Waals surface area (Å²) in [5.41, 5.74) is 0.757. The van der Waals surface area contributed by atoms with Gasteiger partial charge in [-0.25, -0.2) is 8.42 Å². The number of amides is 2. The van der Waals surface area contributed by atoms with Gasteiger partial charge in [-0.15, -0.1) is 0 Å². The highest BCUT2D eigenvalue weighted by Crippen LogP contribution is 2.36. The van der Waals surface area contributed by atoms with E-state index in [1.54, 1.807) is 55.5 Å². The Labute approximate surface area is 256 Å². The number of hydrogen-bond acceptors (Lipinski definition) is 6. The predicted octanol–water partition coefficient (Wildman–Crippen LogP) is 5.29. The maximum atomic E-state index is 14.1. The maximum Gasteiger partial charge on any atom is 0.264 e. The van der Waals surface area contributed by atoms with Crippen LogP contribution in [0.2, 0.25) is 10.0 Å². The minimum absolute atomic E-state index is 0.00236. The minimum atomic E-state index is -4.22. The zero-order chi connectivity index (χ0) is 30.4. The lowest BCUT2D eigenvalue weighted by atomic mass is 10.1. The first-order valence-corrected chi connectivity index (χ1v) is 15.7. The fourth-order valence-corrected chi connectivity index (χ4v) is 6.21. The molecule has 4 rings (SSSR count). The molecule has 2 amide bonds. The van der Waals surface area contributed by atoms with E-state index in [0.29, 0.717) is 46.7 Å². The standard InChI is InChI=1S/C30H33Cl2N3O6S/c1-4-20(2)33-30(37)21(3)34(18-22-10-11-23(31)16-26(22)32)29(36)19-35(42(38,39)25-8-6-5-7-9-25)24-12-13-27-28(17-24)41-15-14-40-27/h5-13,16-17,20-21H,4,14-15,18-19H2,1-3H3,(H,33,37)/t20-,21-/m0/s1. The summed E-state index contributed by atoms with van der Waals surface area (Å²) in [6.45, 7) is 5.43. The molecule has 1 N–H and O–H groups in total. The first-order chi connectivity index (χ1) is 20.0. The molecule has 0 unspecified atom stereocenters. The van der Waals surface area contributed by atoms with E-state index >= 15 is 0 Å². The van der Waals surface area contributed by atoms with Crippen molar-refractivity contribution < 1.29 is 27.5 Å². The third-order valence-corrected chi connectivity index (χ3v) is 9.32. The molecule has 0 radical (unpaired) electrons. The van der Waals surface area contributed by atoms with E-state index in [-0.39, 0.29) is 29.1 Å². The minimum Gasteiger partial charge on any atom is -0.486 e. The number of nitrogens with zero attached hydrogens (tertiary/aromatic N) is 2. The van der Waals surface area contributed by atoms with E-state index in [0.717, 1.165) is 4.31 Å². The molecule has 0 saturated heterocycles. The Morgan fingerprint density at radius 2 is 1.64 bits per heavy atom. The average molecular weight is 635 g/mol. The van der Waals surface area contributed by atoms with Crippen molar-refractivity contribution in [3.63, 3.8) is 0 Å². The maximum absolute atomic E-state index is 14.1. The van der Waals surface area contributed by atoms with Gasteiger partial charge in [0.2, 0.25) is 11.8 Å². The third kappa shape index (κ3) is 7.29. The van der Waals surface area contributed by atoms with Crippen LogP contribution in [0.25, 0.3) is 0 Å². The lowest BCUT2D eigenvalue weighted by Crippen LogP contribution is -2.52. The monoisotopic (exact) mass is 633 g/mol. The van der Waals surface area contributed by atoms with Gasteiger partial charge >= 0.3 is 0 Å². The van der Waals surface area contributed by atoms with Gasteiger partial charge < -0.3 is 19.7 Å². The second kappa shape index (κ2) is 13.7. The van der Waals surface area contributed by atoms with E-state index < -0.39 is 28.5 Å². The number of sulfonamides is 1. The Morgan fingerprint density at radius 1 is 0.952 bits per heavy atom. The van der Waals surface area contributed by atoms with Gasteiger partial charge in [0, 0.05) is 28.7 Å². The topological polar surface area (TPSA) is 105 Å². The average Bonchev–Trinajstić information content (AvgIpc) is 2.99. The highest BCUT2D eigenvalue weighted by Gasteiger charge is 2.33. The van der Waals surface area contributed by atoms with Crippen molar-refractivity contribution in [2.24, 2.45) is 0 Å². The van der Waals surface area contributed by atoms with Gasteiger partial charge in [0.15, 0.2) is 11.5 Å². The van der Waals surface area contributed by atoms with E-state index in [1.165, 1.54) is 23.1 Å². The molecule has 9 nitrogen and oxygen atoms in total. The SMILES string of the molecule is CC[C@H](C)NC(=O)[C@H](C)N(Cc1ccc(Cl)cc1Cl)C(=O)CN(c1ccc2c(c1)OCCO2)S(=O)(=O)c1ccccc1. The molecular formula is C30H33Cl2N3O6S. The molecule has 224 valence electrons. The second-order valence-electron chi connectivity index (χ2n) is 9.90. The normalized spacial score (nSPS) is 14.0. The van der Waals surface area contributed by atoms with Gasteiger partial charge in [0.05, 0.1) is 10.6 Å². The van der Waals surface area contributed by atoms with E-state index in [1.807, 2.05) is 13.8 Å². The molecule has 1 heterocycles. The van der Waals surface area contributed by atoms with Crippen LogP contribution >= 0.6 is 23.2 Å². The third-order valence-electron chi connectivity index (χ3n) is 6.95. The number of halogens is 2. The van der Waals surface area contributed by atoms with Crippen LogP contribution in [0.4, 0.5) is 5.69 Å². The lowest BCUT2D eigenvalue weighted by molar-refractivity contribution is -0.139. The molecule has 0 bridgehead atoms. The number of hydrogen-bond donors (Lipinski definition) is 1. The number of fused-ring (bicyclic) bond motifs is 1. The number of carbonyl (C=O) groups excluding carboxylic acids is 2. The van der Waals surface area contributed by atoms with Crippen molar-refractivity contribution in [2.75, 3.05) is 24.1 Å². The summed E-state index contributed by atoms with van der Waals surface area (Å²) in [5.74, 6) is -0.143. The highest BCUT2D eigenvalue weighted by molar-refractivity contribution is 7.92. The molecular weight excluding hydrogens is 601 g/mol. The van der Waals surface area contributed by atoms with Crippen molar-refractivity contribution in [1.29, 1.82) is 0 Å². The largest absolute Gasteiger partial charge is 0.486 e. The molecule has 0 saturated carbocycles. The van der Waals surface area contributed by atoms with Gasteiger partial charge in [0.25, 0.3) is 10.0 Å². The van der Waals surface area contributed by atoms with Crippen LogP contribution in [0, 0.1) is 0 Å². The fraction of sp³-hybridized carbons (Fsp3) is 0.333. The summed E-state index contributed by atoms with van der Waals surface area (Å²) < 4.78 is 40.2. The smallest absolute Gasteiger partial charge is 0.264 e.